The van der Waals surface area contributed by atoms with E-state index in [1.165, 1.54) is 0 Å². The molecule has 0 aliphatic carbocycles. The highest BCUT2D eigenvalue weighted by molar-refractivity contribution is 6.30. The number of hydrogen-bond donors (Lipinski definition) is 0. The lowest BCUT2D eigenvalue weighted by Crippen LogP contribution is -2.50. The second-order valence-electron chi connectivity index (χ2n) is 8.49. The molecule has 1 aliphatic rings. The minimum atomic E-state index is -0.0115. The monoisotopic (exact) mass is 479 g/mol. The summed E-state index contributed by atoms with van der Waals surface area (Å²) >= 11 is 6.12. The summed E-state index contributed by atoms with van der Waals surface area (Å²) in [5.41, 5.74) is 4.35. The summed E-state index contributed by atoms with van der Waals surface area (Å²) in [5, 5.41) is 0.662. The third kappa shape index (κ3) is 4.82. The van der Waals surface area contributed by atoms with E-state index in [-0.39, 0.29) is 11.8 Å². The molecule has 178 valence electrons. The quantitative estimate of drug-likeness (QED) is 0.488. The molecule has 0 spiro atoms. The molecule has 7 heteroatoms. The fourth-order valence-electron chi connectivity index (χ4n) is 4.42. The standard InChI is InChI=1S/C27H30ClN3O3/c1-4-5-26(32)29-14-16-30(17-15-29)27(33)24-18-25(20-6-8-21(28)9-7-20)31(19(24)2)22-10-12-23(34-3)13-11-22/h6-13,18H,4-5,14-17H2,1-3H3. The van der Waals surface area contributed by atoms with Crippen LogP contribution in [0.2, 0.25) is 5.02 Å². The van der Waals surface area contributed by atoms with Gasteiger partial charge in [0.15, 0.2) is 0 Å². The fraction of sp³-hybridized carbons (Fsp3) is 0.333. The van der Waals surface area contributed by atoms with E-state index in [9.17, 15) is 9.59 Å². The largest absolute Gasteiger partial charge is 0.497 e. The minimum absolute atomic E-state index is 0.0115. The van der Waals surface area contributed by atoms with Crippen LogP contribution in [0.5, 0.6) is 5.75 Å². The van der Waals surface area contributed by atoms with Gasteiger partial charge in [-0.25, -0.2) is 0 Å². The Balaban J connectivity index is 1.67. The van der Waals surface area contributed by atoms with Gasteiger partial charge in [0.2, 0.25) is 5.91 Å². The van der Waals surface area contributed by atoms with Crippen LogP contribution >= 0.6 is 11.6 Å². The number of rotatable bonds is 6. The summed E-state index contributed by atoms with van der Waals surface area (Å²) in [6, 6.07) is 17.4. The molecule has 0 radical (unpaired) electrons. The molecule has 6 nitrogen and oxygen atoms in total. The third-order valence-electron chi connectivity index (χ3n) is 6.33. The summed E-state index contributed by atoms with van der Waals surface area (Å²) in [6.45, 7) is 6.21. The van der Waals surface area contributed by atoms with Gasteiger partial charge in [0.25, 0.3) is 5.91 Å². The number of hydrogen-bond acceptors (Lipinski definition) is 3. The molecule has 2 heterocycles. The number of methoxy groups -OCH3 is 1. The number of ether oxygens (including phenoxy) is 1. The van der Waals surface area contributed by atoms with Gasteiger partial charge in [0.05, 0.1) is 18.4 Å². The predicted octanol–water partition coefficient (Wildman–Crippen LogP) is 5.20. The highest BCUT2D eigenvalue weighted by Crippen LogP contribution is 2.32. The van der Waals surface area contributed by atoms with Gasteiger partial charge in [-0.05, 0) is 61.4 Å². The van der Waals surface area contributed by atoms with E-state index >= 15 is 0 Å². The number of carbonyl (C=O) groups is 2. The predicted molar refractivity (Wildman–Crippen MR) is 135 cm³/mol. The SMILES string of the molecule is CCCC(=O)N1CCN(C(=O)c2cc(-c3ccc(Cl)cc3)n(-c3ccc(OC)cc3)c2C)CC1. The lowest BCUT2D eigenvalue weighted by molar-refractivity contribution is -0.132. The van der Waals surface area contributed by atoms with Crippen LogP contribution in [-0.4, -0.2) is 59.5 Å². The van der Waals surface area contributed by atoms with Gasteiger partial charge in [0.1, 0.15) is 5.75 Å². The molecular weight excluding hydrogens is 450 g/mol. The van der Waals surface area contributed by atoms with Crippen LogP contribution in [0, 0.1) is 6.92 Å². The number of benzene rings is 2. The first-order valence-electron chi connectivity index (χ1n) is 11.6. The van der Waals surface area contributed by atoms with Gasteiger partial charge in [-0.15, -0.1) is 0 Å². The summed E-state index contributed by atoms with van der Waals surface area (Å²) in [5.74, 6) is 0.928. The molecule has 3 aromatic rings. The van der Waals surface area contributed by atoms with Crippen molar-refractivity contribution in [3.63, 3.8) is 0 Å². The second-order valence-corrected chi connectivity index (χ2v) is 8.93. The molecule has 0 atom stereocenters. The van der Waals surface area contributed by atoms with Gasteiger partial charge in [-0.3, -0.25) is 9.59 Å². The van der Waals surface area contributed by atoms with Crippen LogP contribution in [0.1, 0.15) is 35.8 Å². The topological polar surface area (TPSA) is 54.8 Å². The van der Waals surface area contributed by atoms with E-state index in [0.717, 1.165) is 34.8 Å². The summed E-state index contributed by atoms with van der Waals surface area (Å²) < 4.78 is 7.41. The molecule has 0 unspecified atom stereocenters. The smallest absolute Gasteiger partial charge is 0.255 e. The van der Waals surface area contributed by atoms with Crippen LogP contribution in [0.15, 0.2) is 54.6 Å². The molecule has 1 aromatic heterocycles. The number of halogens is 1. The Kier molecular flexibility index (Phi) is 7.27. The van der Waals surface area contributed by atoms with E-state index in [1.54, 1.807) is 7.11 Å². The maximum atomic E-state index is 13.6. The molecule has 1 aliphatic heterocycles. The van der Waals surface area contributed by atoms with Crippen LogP contribution in [0.3, 0.4) is 0 Å². The van der Waals surface area contributed by atoms with E-state index in [4.69, 9.17) is 16.3 Å². The van der Waals surface area contributed by atoms with Gasteiger partial charge in [-0.1, -0.05) is 30.7 Å². The number of nitrogens with zero attached hydrogens (tertiary/aromatic N) is 3. The highest BCUT2D eigenvalue weighted by Gasteiger charge is 2.28. The second kappa shape index (κ2) is 10.3. The molecule has 1 saturated heterocycles. The van der Waals surface area contributed by atoms with E-state index in [2.05, 4.69) is 4.57 Å². The normalized spacial score (nSPS) is 13.8. The molecule has 0 saturated carbocycles. The third-order valence-corrected chi connectivity index (χ3v) is 6.58. The molecule has 1 fully saturated rings. The first kappa shape index (κ1) is 23.9. The number of piperazine rings is 1. The maximum Gasteiger partial charge on any atom is 0.255 e. The van der Waals surface area contributed by atoms with Crippen molar-refractivity contribution in [2.75, 3.05) is 33.3 Å². The molecule has 4 rings (SSSR count). The van der Waals surface area contributed by atoms with Crippen molar-refractivity contribution >= 4 is 23.4 Å². The molecule has 34 heavy (non-hydrogen) atoms. The zero-order valence-electron chi connectivity index (χ0n) is 19.9. The van der Waals surface area contributed by atoms with Crippen molar-refractivity contribution in [2.24, 2.45) is 0 Å². The Morgan fingerprint density at radius 3 is 2.15 bits per heavy atom. The number of amides is 2. The van der Waals surface area contributed by atoms with Gasteiger partial charge < -0.3 is 19.1 Å². The Hall–Kier alpha value is -3.25. The lowest BCUT2D eigenvalue weighted by atomic mass is 10.1. The summed E-state index contributed by atoms with van der Waals surface area (Å²) in [7, 11) is 1.64. The Morgan fingerprint density at radius 2 is 1.56 bits per heavy atom. The van der Waals surface area contributed by atoms with E-state index in [1.807, 2.05) is 78.2 Å². The highest BCUT2D eigenvalue weighted by atomic mass is 35.5. The van der Waals surface area contributed by atoms with Crippen LogP contribution in [0.4, 0.5) is 0 Å². The maximum absolute atomic E-state index is 13.6. The first-order chi connectivity index (χ1) is 16.4. The van der Waals surface area contributed by atoms with E-state index in [0.29, 0.717) is 43.2 Å². The molecule has 2 aromatic carbocycles. The van der Waals surface area contributed by atoms with Gasteiger partial charge in [0, 0.05) is 49.0 Å². The summed E-state index contributed by atoms with van der Waals surface area (Å²) in [6.07, 6.45) is 1.39. The van der Waals surface area contributed by atoms with Gasteiger partial charge in [-0.2, -0.15) is 0 Å². The number of aromatic nitrogens is 1. The van der Waals surface area contributed by atoms with Crippen molar-refractivity contribution in [3.05, 3.63) is 70.9 Å². The lowest BCUT2D eigenvalue weighted by Gasteiger charge is -2.34. The zero-order valence-corrected chi connectivity index (χ0v) is 20.6. The van der Waals surface area contributed by atoms with E-state index < -0.39 is 0 Å². The minimum Gasteiger partial charge on any atom is -0.497 e. The van der Waals surface area contributed by atoms with Crippen molar-refractivity contribution in [3.8, 4) is 22.7 Å². The van der Waals surface area contributed by atoms with Crippen molar-refractivity contribution < 1.29 is 14.3 Å². The zero-order chi connectivity index (χ0) is 24.2. The molecule has 0 N–H and O–H groups in total. The van der Waals surface area contributed by atoms with Crippen LogP contribution in [-0.2, 0) is 4.79 Å². The summed E-state index contributed by atoms with van der Waals surface area (Å²) in [4.78, 5) is 29.5. The molecule has 0 bridgehead atoms. The van der Waals surface area contributed by atoms with Crippen molar-refractivity contribution in [1.29, 1.82) is 0 Å². The Morgan fingerprint density at radius 1 is 0.941 bits per heavy atom. The van der Waals surface area contributed by atoms with Crippen LogP contribution in [0.25, 0.3) is 16.9 Å². The average molecular weight is 480 g/mol. The molecular formula is C27H30ClN3O3. The van der Waals surface area contributed by atoms with Crippen molar-refractivity contribution in [2.45, 2.75) is 26.7 Å². The average Bonchev–Trinajstić information content (AvgIpc) is 3.21. The first-order valence-corrected chi connectivity index (χ1v) is 12.0. The molecule has 2 amide bonds. The van der Waals surface area contributed by atoms with Gasteiger partial charge >= 0.3 is 0 Å². The number of carbonyl (C=O) groups excluding carboxylic acids is 2. The Labute approximate surface area is 205 Å². The van der Waals surface area contributed by atoms with Crippen molar-refractivity contribution in [1.82, 2.24) is 14.4 Å². The van der Waals surface area contributed by atoms with Crippen LogP contribution < -0.4 is 4.74 Å². The Bertz CT molecular complexity index is 1160. The fourth-order valence-corrected chi connectivity index (χ4v) is 4.55.